The monoisotopic (exact) mass is 354 g/mol. The molecule has 0 N–H and O–H groups in total. The van der Waals surface area contributed by atoms with Gasteiger partial charge in [0.25, 0.3) is 0 Å². The van der Waals surface area contributed by atoms with Crippen LogP contribution in [0.2, 0.25) is 0 Å². The van der Waals surface area contributed by atoms with Crippen molar-refractivity contribution in [3.8, 4) is 0 Å². The Kier molecular flexibility index (Phi) is 66.7. The van der Waals surface area contributed by atoms with E-state index in [1.165, 1.54) is 0 Å². The van der Waals surface area contributed by atoms with Gasteiger partial charge in [0.05, 0.1) is 0 Å². The zero-order chi connectivity index (χ0) is 2.00. The van der Waals surface area contributed by atoms with Crippen LogP contribution >= 0.6 is 0 Å². The molecule has 0 aromatic carbocycles. The van der Waals surface area contributed by atoms with Gasteiger partial charge in [-0.25, -0.2) is 0 Å². The van der Waals surface area contributed by atoms with Crippen molar-refractivity contribution in [3.63, 3.8) is 0 Å². The summed E-state index contributed by atoms with van der Waals surface area (Å²) in [5.41, 5.74) is 0. The molecule has 0 unspecified atom stereocenters. The first-order valence-electron chi connectivity index (χ1n) is 0.136. The van der Waals surface area contributed by atoms with E-state index in [0.717, 1.165) is 0 Å². The van der Waals surface area contributed by atoms with Gasteiger partial charge in [-0.3, -0.25) is 0 Å². The van der Waals surface area contributed by atoms with Crippen molar-refractivity contribution in [2.75, 3.05) is 0 Å². The third kappa shape index (κ3) is 8.86. The molecule has 22 valence electrons. The van der Waals surface area contributed by atoms with Crippen molar-refractivity contribution in [2.45, 2.75) is 0 Å². The fourth-order valence-electron chi connectivity index (χ4n) is 0. The first kappa shape index (κ1) is 15.8. The van der Waals surface area contributed by atoms with Gasteiger partial charge in [-0.15, -0.1) is 0 Å². The van der Waals surface area contributed by atoms with Crippen molar-refractivity contribution in [2.24, 2.45) is 0 Å². The van der Waals surface area contributed by atoms with Crippen LogP contribution in [0.5, 0.6) is 0 Å². The summed E-state index contributed by atoms with van der Waals surface area (Å²) in [6.45, 7) is 0. The molecule has 1 nitrogen and oxygen atoms in total. The normalized spacial score (nSPS) is 1.25. The third-order valence-electron chi connectivity index (χ3n) is 0. The minimum absolute atomic E-state index is 0. The van der Waals surface area contributed by atoms with E-state index in [4.69, 9.17) is 3.87 Å². The minimum atomic E-state index is 0. The summed E-state index contributed by atoms with van der Waals surface area (Å²) in [5, 5.41) is 0. The Morgan fingerprint density at radius 1 is 1.25 bits per heavy atom. The van der Waals surface area contributed by atoms with Gasteiger partial charge >= 0.3 is 19.5 Å². The second-order valence-electron chi connectivity index (χ2n) is 0. The predicted octanol–water partition coefficient (Wildman–Crippen LogP) is -0.121. The second kappa shape index (κ2) is 16.9. The SMILES string of the molecule is [Ce].[La].[O]=[Co]. The summed E-state index contributed by atoms with van der Waals surface area (Å²) in [6, 6.07) is 0. The molecule has 0 atom stereocenters. The quantitative estimate of drug-likeness (QED) is 0.593. The van der Waals surface area contributed by atoms with Gasteiger partial charge in [-0.2, -0.15) is 0 Å². The van der Waals surface area contributed by atoms with E-state index >= 15 is 0 Å². The molecular weight excluding hydrogens is 354 g/mol. The maximum atomic E-state index is 7.94. The van der Waals surface area contributed by atoms with Gasteiger partial charge in [0.15, 0.2) is 0 Å². The molecule has 0 amide bonds. The van der Waals surface area contributed by atoms with Crippen molar-refractivity contribution >= 4 is 0 Å². The number of hydrogen-bond donors (Lipinski definition) is 0. The number of hydrogen-bond acceptors (Lipinski definition) is 1. The topological polar surface area (TPSA) is 17.1 Å². The summed E-state index contributed by atoms with van der Waals surface area (Å²) in [6.07, 6.45) is 0. The van der Waals surface area contributed by atoms with Crippen LogP contribution in [-0.4, -0.2) is 0 Å². The van der Waals surface area contributed by atoms with Crippen LogP contribution < -0.4 is 0 Å². The standard InChI is InChI=1S/Ce.Co.La.O. The first-order valence-corrected chi connectivity index (χ1v) is 0.561. The van der Waals surface area contributed by atoms with Crippen LogP contribution in [0.4, 0.5) is 0 Å². The summed E-state index contributed by atoms with van der Waals surface area (Å²) in [7, 11) is 0. The molecule has 0 spiro atoms. The Bertz CT molecular complexity index is 8.00. The van der Waals surface area contributed by atoms with Crippen LogP contribution in [-0.2, 0) is 19.5 Å². The fourth-order valence-corrected chi connectivity index (χ4v) is 0. The third-order valence-corrected chi connectivity index (χ3v) is 0. The van der Waals surface area contributed by atoms with Gasteiger partial charge < -0.3 is 0 Å². The molecule has 0 aromatic rings. The molecule has 0 saturated heterocycles. The molecule has 0 bridgehead atoms. The van der Waals surface area contributed by atoms with E-state index in [2.05, 4.69) is 15.7 Å². The van der Waals surface area contributed by atoms with Crippen molar-refractivity contribution < 1.29 is 96.9 Å². The van der Waals surface area contributed by atoms with Crippen LogP contribution in [0.15, 0.2) is 0 Å². The molecule has 0 fully saturated rings. The van der Waals surface area contributed by atoms with Crippen molar-refractivity contribution in [3.05, 3.63) is 0 Å². The van der Waals surface area contributed by atoms with Crippen LogP contribution in [0.25, 0.3) is 0 Å². The van der Waals surface area contributed by atoms with Crippen LogP contribution in [0.3, 0.4) is 0 Å². The van der Waals surface area contributed by atoms with E-state index in [1.54, 1.807) is 0 Å². The molecule has 0 aliphatic carbocycles. The second-order valence-corrected chi connectivity index (χ2v) is 0. The molecule has 0 aliphatic rings. The molecular formula is CeCoLaO. The molecule has 1 radical (unpaired) electrons. The zero-order valence-electron chi connectivity index (χ0n) is 1.82. The van der Waals surface area contributed by atoms with E-state index < -0.39 is 0 Å². The summed E-state index contributed by atoms with van der Waals surface area (Å²) >= 11 is 2.31. The summed E-state index contributed by atoms with van der Waals surface area (Å²) in [4.78, 5) is 0. The summed E-state index contributed by atoms with van der Waals surface area (Å²) < 4.78 is 7.94. The molecule has 0 heterocycles. The Hall–Kier alpha value is 2.88. The van der Waals surface area contributed by atoms with Gasteiger partial charge in [0.1, 0.15) is 0 Å². The van der Waals surface area contributed by atoms with E-state index in [0.29, 0.717) is 0 Å². The van der Waals surface area contributed by atoms with E-state index in [-0.39, 0.29) is 77.3 Å². The molecule has 0 aliphatic heterocycles. The number of rotatable bonds is 0. The van der Waals surface area contributed by atoms with Gasteiger partial charge in [-0.05, 0) is 0 Å². The maximum absolute atomic E-state index is 7.94. The Labute approximate surface area is 94.4 Å². The van der Waals surface area contributed by atoms with Crippen molar-refractivity contribution in [1.82, 2.24) is 0 Å². The van der Waals surface area contributed by atoms with E-state index in [1.807, 2.05) is 0 Å². The molecule has 0 saturated carbocycles. The van der Waals surface area contributed by atoms with Gasteiger partial charge in [0, 0.05) is 77.3 Å². The molecule has 4 heavy (non-hydrogen) atoms. The Morgan fingerprint density at radius 3 is 1.25 bits per heavy atom. The van der Waals surface area contributed by atoms with Gasteiger partial charge in [-0.1, -0.05) is 0 Å². The average molecular weight is 354 g/mol. The van der Waals surface area contributed by atoms with Crippen LogP contribution in [0.1, 0.15) is 0 Å². The molecule has 0 rings (SSSR count). The first-order chi connectivity index (χ1) is 1.00. The van der Waals surface area contributed by atoms with Crippen molar-refractivity contribution in [1.29, 1.82) is 0 Å². The fraction of sp³-hybridized carbons (Fsp3) is 0. The Balaban J connectivity index is -0.00000000500. The predicted molar refractivity (Wildman–Crippen MR) is 0.686 cm³/mol. The zero-order valence-corrected chi connectivity index (χ0v) is 9.63. The summed E-state index contributed by atoms with van der Waals surface area (Å²) in [5.74, 6) is 0. The van der Waals surface area contributed by atoms with Crippen LogP contribution in [0, 0.1) is 77.3 Å². The van der Waals surface area contributed by atoms with Gasteiger partial charge in [0.2, 0.25) is 0 Å². The Morgan fingerprint density at radius 2 is 1.25 bits per heavy atom. The molecule has 0 aromatic heterocycles. The van der Waals surface area contributed by atoms with E-state index in [9.17, 15) is 0 Å². The molecule has 4 heteroatoms. The average Bonchev–Trinajstić information content (AvgIpc) is 1.00.